The maximum absolute atomic E-state index is 5.64. The van der Waals surface area contributed by atoms with Gasteiger partial charge in [-0.1, -0.05) is 31.4 Å². The van der Waals surface area contributed by atoms with Gasteiger partial charge in [-0.25, -0.2) is 4.98 Å². The molecule has 1 saturated carbocycles. The predicted octanol–water partition coefficient (Wildman–Crippen LogP) is 3.97. The number of anilines is 3. The second-order valence-electron chi connectivity index (χ2n) is 11.6. The highest BCUT2D eigenvalue weighted by atomic mass is 15.3. The second kappa shape index (κ2) is 10.6. The Kier molecular flexibility index (Phi) is 7.01. The minimum atomic E-state index is 0.477. The average molecular weight is 504 g/mol. The molecular formula is C28H41N9. The van der Waals surface area contributed by atoms with Crippen LogP contribution >= 0.6 is 0 Å². The van der Waals surface area contributed by atoms with Gasteiger partial charge in [0.15, 0.2) is 17.0 Å². The largest absolute Gasteiger partial charge is 0.354 e. The van der Waals surface area contributed by atoms with Crippen molar-refractivity contribution >= 4 is 28.6 Å². The number of rotatable bonds is 11. The van der Waals surface area contributed by atoms with Crippen LogP contribution < -0.4 is 16.4 Å². The molecule has 3 fully saturated rings. The van der Waals surface area contributed by atoms with Crippen molar-refractivity contribution in [1.82, 2.24) is 29.3 Å². The molecule has 1 aliphatic carbocycles. The molecule has 2 aliphatic heterocycles. The van der Waals surface area contributed by atoms with Crippen LogP contribution in [0.1, 0.15) is 56.6 Å². The van der Waals surface area contributed by atoms with Crippen molar-refractivity contribution < 1.29 is 0 Å². The van der Waals surface area contributed by atoms with Gasteiger partial charge in [-0.2, -0.15) is 9.97 Å². The maximum Gasteiger partial charge on any atom is 0.226 e. The number of nitrogens with one attached hydrogen (secondary N) is 2. The summed E-state index contributed by atoms with van der Waals surface area (Å²) in [7, 11) is 2.21. The molecule has 6 rings (SSSR count). The molecule has 0 amide bonds. The zero-order chi connectivity index (χ0) is 25.2. The third-order valence-electron chi connectivity index (χ3n) is 8.26. The summed E-state index contributed by atoms with van der Waals surface area (Å²) in [5.41, 5.74) is 10.3. The highest BCUT2D eigenvalue weighted by Crippen LogP contribution is 2.39. The molecule has 9 heteroatoms. The molecular weight excluding hydrogens is 462 g/mol. The van der Waals surface area contributed by atoms with Crippen molar-refractivity contribution in [3.8, 4) is 0 Å². The third-order valence-corrected chi connectivity index (χ3v) is 8.26. The van der Waals surface area contributed by atoms with E-state index in [0.29, 0.717) is 17.4 Å². The Bertz CT molecular complexity index is 1180. The van der Waals surface area contributed by atoms with Gasteiger partial charge >= 0.3 is 0 Å². The zero-order valence-corrected chi connectivity index (χ0v) is 22.1. The molecule has 1 spiro atoms. The number of nitrogens with zero attached hydrogens (tertiary/aromatic N) is 6. The summed E-state index contributed by atoms with van der Waals surface area (Å²) in [6.07, 6.45) is 10.1. The van der Waals surface area contributed by atoms with Gasteiger partial charge in [0.25, 0.3) is 0 Å². The van der Waals surface area contributed by atoms with Crippen LogP contribution in [0, 0.1) is 5.41 Å². The van der Waals surface area contributed by atoms with E-state index in [1.165, 1.54) is 57.4 Å². The van der Waals surface area contributed by atoms with Gasteiger partial charge in [-0.15, -0.1) is 0 Å². The van der Waals surface area contributed by atoms with E-state index in [4.69, 9.17) is 20.7 Å². The van der Waals surface area contributed by atoms with E-state index in [2.05, 4.69) is 56.3 Å². The van der Waals surface area contributed by atoms with E-state index in [1.807, 2.05) is 6.33 Å². The lowest BCUT2D eigenvalue weighted by Gasteiger charge is -2.59. The highest BCUT2D eigenvalue weighted by Gasteiger charge is 2.49. The highest BCUT2D eigenvalue weighted by molar-refractivity contribution is 5.86. The molecule has 0 atom stereocenters. The molecule has 0 radical (unpaired) electrons. The standard InChI is InChI=1S/C28H41N9/c1-35-16-28(17-35)18-36(19-28)15-21-9-11-22(12-10-21)32-25-24-26(37(20-31-24)23-7-3-4-8-23)34-27(33-25)30-14-6-2-5-13-29/h9-12,20,23H,2-8,13-19,29H2,1H3,(H2,30,32,33,34). The molecule has 2 aromatic heterocycles. The van der Waals surface area contributed by atoms with Crippen molar-refractivity contribution in [2.24, 2.45) is 11.1 Å². The van der Waals surface area contributed by atoms with E-state index < -0.39 is 0 Å². The van der Waals surface area contributed by atoms with E-state index in [1.54, 1.807) is 0 Å². The fourth-order valence-corrected chi connectivity index (χ4v) is 6.58. The Morgan fingerprint density at radius 1 is 1.00 bits per heavy atom. The van der Waals surface area contributed by atoms with Crippen molar-refractivity contribution in [1.29, 1.82) is 0 Å². The zero-order valence-electron chi connectivity index (χ0n) is 22.1. The van der Waals surface area contributed by atoms with Gasteiger partial charge in [0.1, 0.15) is 0 Å². The molecule has 4 heterocycles. The number of unbranched alkanes of at least 4 members (excludes halogenated alkanes) is 2. The van der Waals surface area contributed by atoms with E-state index in [0.717, 1.165) is 61.6 Å². The second-order valence-corrected chi connectivity index (χ2v) is 11.6. The van der Waals surface area contributed by atoms with Crippen LogP contribution in [-0.4, -0.2) is 75.6 Å². The predicted molar refractivity (Wildman–Crippen MR) is 149 cm³/mol. The van der Waals surface area contributed by atoms with Crippen molar-refractivity contribution in [3.63, 3.8) is 0 Å². The van der Waals surface area contributed by atoms with Crippen LogP contribution in [-0.2, 0) is 6.54 Å². The first-order valence-electron chi connectivity index (χ1n) is 14.1. The SMILES string of the molecule is CN1CC2(C1)CN(Cc1ccc(Nc3nc(NCCCCCN)nc4c3ncn4C3CCCC3)cc1)C2. The van der Waals surface area contributed by atoms with Crippen LogP contribution in [0.15, 0.2) is 30.6 Å². The normalized spacial score (nSPS) is 19.8. The molecule has 2 saturated heterocycles. The van der Waals surface area contributed by atoms with Gasteiger partial charge in [0.05, 0.1) is 6.33 Å². The fraction of sp³-hybridized carbons (Fsp3) is 0.607. The molecule has 198 valence electrons. The molecule has 37 heavy (non-hydrogen) atoms. The minimum absolute atomic E-state index is 0.477. The lowest BCUT2D eigenvalue weighted by molar-refractivity contribution is -0.107. The number of hydrogen-bond acceptors (Lipinski definition) is 8. The summed E-state index contributed by atoms with van der Waals surface area (Å²) < 4.78 is 2.26. The number of likely N-dealkylation sites (tertiary alicyclic amines) is 2. The lowest BCUT2D eigenvalue weighted by atomic mass is 9.73. The van der Waals surface area contributed by atoms with Crippen LogP contribution in [0.2, 0.25) is 0 Å². The molecule has 3 aliphatic rings. The number of aromatic nitrogens is 4. The Hall–Kier alpha value is -2.75. The van der Waals surface area contributed by atoms with Crippen LogP contribution in [0.3, 0.4) is 0 Å². The molecule has 4 N–H and O–H groups in total. The van der Waals surface area contributed by atoms with Crippen molar-refractivity contribution in [3.05, 3.63) is 36.2 Å². The Labute approximate surface area is 219 Å². The Morgan fingerprint density at radius 2 is 1.78 bits per heavy atom. The number of fused-ring (bicyclic) bond motifs is 1. The number of nitrogens with two attached hydrogens (primary N) is 1. The van der Waals surface area contributed by atoms with Gasteiger partial charge < -0.3 is 25.8 Å². The molecule has 0 bridgehead atoms. The first kappa shape index (κ1) is 24.6. The van der Waals surface area contributed by atoms with E-state index in [-0.39, 0.29) is 0 Å². The summed E-state index contributed by atoms with van der Waals surface area (Å²) in [5.74, 6) is 1.42. The van der Waals surface area contributed by atoms with E-state index in [9.17, 15) is 0 Å². The quantitative estimate of drug-likeness (QED) is 0.338. The Morgan fingerprint density at radius 3 is 2.51 bits per heavy atom. The maximum atomic E-state index is 5.64. The van der Waals surface area contributed by atoms with Crippen LogP contribution in [0.5, 0.6) is 0 Å². The fourth-order valence-electron chi connectivity index (χ4n) is 6.58. The van der Waals surface area contributed by atoms with Gasteiger partial charge in [0.2, 0.25) is 5.95 Å². The smallest absolute Gasteiger partial charge is 0.226 e. The summed E-state index contributed by atoms with van der Waals surface area (Å²) in [6.45, 7) is 7.55. The topological polar surface area (TPSA) is 100 Å². The Balaban J connectivity index is 1.16. The number of hydrogen-bond donors (Lipinski definition) is 3. The van der Waals surface area contributed by atoms with Gasteiger partial charge in [0, 0.05) is 56.4 Å². The lowest BCUT2D eigenvalue weighted by Crippen LogP contribution is -2.70. The van der Waals surface area contributed by atoms with Gasteiger partial charge in [-0.3, -0.25) is 4.90 Å². The summed E-state index contributed by atoms with van der Waals surface area (Å²) in [6, 6.07) is 9.25. The van der Waals surface area contributed by atoms with Crippen molar-refractivity contribution in [2.45, 2.75) is 57.5 Å². The number of benzene rings is 1. The first-order chi connectivity index (χ1) is 18.1. The summed E-state index contributed by atoms with van der Waals surface area (Å²) >= 11 is 0. The number of imidazole rings is 1. The molecule has 0 unspecified atom stereocenters. The monoisotopic (exact) mass is 503 g/mol. The third kappa shape index (κ3) is 5.30. The van der Waals surface area contributed by atoms with E-state index >= 15 is 0 Å². The minimum Gasteiger partial charge on any atom is -0.354 e. The van der Waals surface area contributed by atoms with Gasteiger partial charge in [-0.05, 0) is 57.0 Å². The molecule has 9 nitrogen and oxygen atoms in total. The average Bonchev–Trinajstić information content (AvgIpc) is 3.53. The molecule has 1 aromatic carbocycles. The summed E-state index contributed by atoms with van der Waals surface area (Å²) in [4.78, 5) is 19.5. The summed E-state index contributed by atoms with van der Waals surface area (Å²) in [5, 5.41) is 6.98. The van der Waals surface area contributed by atoms with Crippen LogP contribution in [0.4, 0.5) is 17.5 Å². The van der Waals surface area contributed by atoms with Crippen molar-refractivity contribution in [2.75, 3.05) is 56.9 Å². The molecule has 3 aromatic rings. The van der Waals surface area contributed by atoms with Crippen LogP contribution in [0.25, 0.3) is 11.2 Å². The first-order valence-corrected chi connectivity index (χ1v) is 14.1.